The highest BCUT2D eigenvalue weighted by Crippen LogP contribution is 2.27. The van der Waals surface area contributed by atoms with Gasteiger partial charge in [0.2, 0.25) is 5.89 Å². The highest BCUT2D eigenvalue weighted by atomic mass is 16.6. The van der Waals surface area contributed by atoms with E-state index in [0.717, 1.165) is 35.4 Å². The molecule has 0 bridgehead atoms. The lowest BCUT2D eigenvalue weighted by atomic mass is 9.95. The van der Waals surface area contributed by atoms with Crippen molar-refractivity contribution < 1.29 is 33.3 Å². The third-order valence-electron chi connectivity index (χ3n) is 7.11. The molecular weight excluding hydrogens is 500 g/mol. The third kappa shape index (κ3) is 7.60. The Morgan fingerprint density at radius 1 is 1.05 bits per heavy atom. The zero-order chi connectivity index (χ0) is 27.8. The van der Waals surface area contributed by atoms with Gasteiger partial charge in [0.05, 0.1) is 24.4 Å². The number of methoxy groups -OCH3 is 1. The molecule has 9 heteroatoms. The monoisotopic (exact) mass is 536 g/mol. The van der Waals surface area contributed by atoms with Gasteiger partial charge in [0, 0.05) is 19.1 Å². The smallest absolute Gasteiger partial charge is 0.411 e. The maximum atomic E-state index is 12.9. The summed E-state index contributed by atoms with van der Waals surface area (Å²) in [6.07, 6.45) is 2.94. The minimum absolute atomic E-state index is 0.182. The lowest BCUT2D eigenvalue weighted by Gasteiger charge is -2.32. The van der Waals surface area contributed by atoms with Crippen LogP contribution in [0.1, 0.15) is 55.7 Å². The van der Waals surface area contributed by atoms with Crippen LogP contribution in [0.15, 0.2) is 59.0 Å². The fraction of sp³-hybridized carbons (Fsp3) is 0.433. The molecule has 0 unspecified atom stereocenters. The summed E-state index contributed by atoms with van der Waals surface area (Å²) in [7, 11) is 1.68. The molecule has 1 heterocycles. The van der Waals surface area contributed by atoms with Crippen molar-refractivity contribution in [3.63, 3.8) is 0 Å². The Kier molecular flexibility index (Phi) is 9.59. The summed E-state index contributed by atoms with van der Waals surface area (Å²) in [6, 6.07) is 16.6. The molecule has 1 fully saturated rings. The number of aryl methyl sites for hydroxylation is 1. The lowest BCUT2D eigenvalue weighted by Crippen LogP contribution is -2.40. The summed E-state index contributed by atoms with van der Waals surface area (Å²) in [5, 5.41) is 9.42. The second-order valence-corrected chi connectivity index (χ2v) is 9.77. The molecule has 1 aromatic heterocycles. The molecule has 9 nitrogen and oxygen atoms in total. The minimum atomic E-state index is -1.10. The molecule has 0 radical (unpaired) electrons. The van der Waals surface area contributed by atoms with E-state index in [0.29, 0.717) is 37.5 Å². The van der Waals surface area contributed by atoms with E-state index in [2.05, 4.69) is 4.98 Å². The molecule has 1 amide bonds. The topological polar surface area (TPSA) is 111 Å². The van der Waals surface area contributed by atoms with Gasteiger partial charge in [0.15, 0.2) is 0 Å². The van der Waals surface area contributed by atoms with Gasteiger partial charge in [-0.25, -0.2) is 9.78 Å². The molecular formula is C30H36N2O7. The van der Waals surface area contributed by atoms with Crippen LogP contribution in [0.4, 0.5) is 4.79 Å². The van der Waals surface area contributed by atoms with Crippen LogP contribution in [0.5, 0.6) is 5.75 Å². The molecule has 39 heavy (non-hydrogen) atoms. The SMILES string of the molecule is COC1CCC(OC(=O)N(CC(=O)O)[C@H](C)c2ccc(OCCc3nc(-c4ccccc4)oc3C)cc2)CC1. The van der Waals surface area contributed by atoms with Crippen LogP contribution in [-0.4, -0.2) is 59.5 Å². The van der Waals surface area contributed by atoms with E-state index in [1.54, 1.807) is 14.0 Å². The van der Waals surface area contributed by atoms with Gasteiger partial charge >= 0.3 is 12.1 Å². The van der Waals surface area contributed by atoms with Crippen LogP contribution in [0.3, 0.4) is 0 Å². The second-order valence-electron chi connectivity index (χ2n) is 9.77. The number of carboxylic acid groups (broad SMARTS) is 1. The summed E-state index contributed by atoms with van der Waals surface area (Å²) in [6.45, 7) is 3.65. The number of benzene rings is 2. The van der Waals surface area contributed by atoms with Crippen molar-refractivity contribution in [1.82, 2.24) is 9.88 Å². The molecule has 3 aromatic rings. The van der Waals surface area contributed by atoms with E-state index in [9.17, 15) is 14.7 Å². The molecule has 4 rings (SSSR count). The summed E-state index contributed by atoms with van der Waals surface area (Å²) < 4.78 is 22.8. The molecule has 1 aliphatic rings. The fourth-order valence-corrected chi connectivity index (χ4v) is 4.75. The quantitative estimate of drug-likeness (QED) is 0.327. The summed E-state index contributed by atoms with van der Waals surface area (Å²) in [4.78, 5) is 30.3. The highest BCUT2D eigenvalue weighted by Gasteiger charge is 2.30. The van der Waals surface area contributed by atoms with E-state index in [4.69, 9.17) is 18.6 Å². The molecule has 0 spiro atoms. The normalized spacial score (nSPS) is 17.8. The molecule has 0 aliphatic heterocycles. The lowest BCUT2D eigenvalue weighted by molar-refractivity contribution is -0.138. The number of hydrogen-bond acceptors (Lipinski definition) is 7. The van der Waals surface area contributed by atoms with E-state index in [1.807, 2.05) is 61.5 Å². The molecule has 0 saturated heterocycles. The van der Waals surface area contributed by atoms with Crippen LogP contribution in [-0.2, 0) is 20.7 Å². The Labute approximate surface area is 228 Å². The van der Waals surface area contributed by atoms with E-state index in [-0.39, 0.29) is 12.2 Å². The maximum absolute atomic E-state index is 12.9. The van der Waals surface area contributed by atoms with Crippen molar-refractivity contribution in [3.05, 3.63) is 71.6 Å². The minimum Gasteiger partial charge on any atom is -0.493 e. The highest BCUT2D eigenvalue weighted by molar-refractivity contribution is 5.77. The first-order valence-electron chi connectivity index (χ1n) is 13.3. The number of ether oxygens (including phenoxy) is 3. The number of aliphatic carboxylic acids is 1. The Bertz CT molecular complexity index is 1220. The third-order valence-corrected chi connectivity index (χ3v) is 7.11. The summed E-state index contributed by atoms with van der Waals surface area (Å²) in [5.74, 6) is 0.922. The number of hydrogen-bond donors (Lipinski definition) is 1. The number of nitrogens with zero attached hydrogens (tertiary/aromatic N) is 2. The molecule has 1 atom stereocenters. The van der Waals surface area contributed by atoms with E-state index in [1.165, 1.54) is 4.90 Å². The van der Waals surface area contributed by atoms with Crippen molar-refractivity contribution in [2.75, 3.05) is 20.3 Å². The van der Waals surface area contributed by atoms with Crippen LogP contribution in [0.2, 0.25) is 0 Å². The van der Waals surface area contributed by atoms with Crippen molar-refractivity contribution in [3.8, 4) is 17.2 Å². The van der Waals surface area contributed by atoms with Gasteiger partial charge in [0.1, 0.15) is 24.2 Å². The molecule has 1 aliphatic carbocycles. The van der Waals surface area contributed by atoms with Gasteiger partial charge in [-0.15, -0.1) is 0 Å². The van der Waals surface area contributed by atoms with Gasteiger partial charge in [-0.3, -0.25) is 9.69 Å². The van der Waals surface area contributed by atoms with Gasteiger partial charge in [-0.2, -0.15) is 0 Å². The Morgan fingerprint density at radius 2 is 1.72 bits per heavy atom. The van der Waals surface area contributed by atoms with Crippen molar-refractivity contribution in [2.45, 2.75) is 64.2 Å². The van der Waals surface area contributed by atoms with Gasteiger partial charge < -0.3 is 23.7 Å². The summed E-state index contributed by atoms with van der Waals surface area (Å²) >= 11 is 0. The van der Waals surface area contributed by atoms with Crippen molar-refractivity contribution >= 4 is 12.1 Å². The number of oxazole rings is 1. The zero-order valence-corrected chi connectivity index (χ0v) is 22.7. The average molecular weight is 537 g/mol. The van der Waals surface area contributed by atoms with Crippen LogP contribution in [0.25, 0.3) is 11.5 Å². The first-order valence-corrected chi connectivity index (χ1v) is 13.3. The Hall–Kier alpha value is -3.85. The van der Waals surface area contributed by atoms with Crippen LogP contribution in [0, 0.1) is 6.92 Å². The number of carbonyl (C=O) groups excluding carboxylic acids is 1. The fourth-order valence-electron chi connectivity index (χ4n) is 4.75. The van der Waals surface area contributed by atoms with Gasteiger partial charge in [-0.05, 0) is 69.4 Å². The van der Waals surface area contributed by atoms with Crippen molar-refractivity contribution in [1.29, 1.82) is 0 Å². The predicted molar refractivity (Wildman–Crippen MR) is 145 cm³/mol. The zero-order valence-electron chi connectivity index (χ0n) is 22.7. The second kappa shape index (κ2) is 13.3. The Balaban J connectivity index is 1.32. The molecule has 1 saturated carbocycles. The molecule has 208 valence electrons. The number of carboxylic acids is 1. The van der Waals surface area contributed by atoms with Crippen LogP contribution < -0.4 is 4.74 Å². The largest absolute Gasteiger partial charge is 0.493 e. The average Bonchev–Trinajstić information content (AvgIpc) is 3.32. The summed E-state index contributed by atoms with van der Waals surface area (Å²) in [5.41, 5.74) is 2.55. The van der Waals surface area contributed by atoms with E-state index >= 15 is 0 Å². The first-order chi connectivity index (χ1) is 18.8. The Morgan fingerprint density at radius 3 is 2.36 bits per heavy atom. The van der Waals surface area contributed by atoms with E-state index < -0.39 is 24.6 Å². The standard InChI is InChI=1S/C30H36N2O7/c1-20(32(19-28(33)34)30(35)39-26-15-13-24(36-3)14-16-26)22-9-11-25(12-10-22)37-18-17-27-21(2)38-29(31-27)23-7-5-4-6-8-23/h4-12,20,24,26H,13-19H2,1-3H3,(H,33,34)/t20-,24?,26?/m1/s1. The molecule has 2 aromatic carbocycles. The number of amides is 1. The predicted octanol–water partition coefficient (Wildman–Crippen LogP) is 5.81. The number of aromatic nitrogens is 1. The number of rotatable bonds is 11. The maximum Gasteiger partial charge on any atom is 0.411 e. The number of carbonyl (C=O) groups is 2. The van der Waals surface area contributed by atoms with Gasteiger partial charge in [0.25, 0.3) is 0 Å². The van der Waals surface area contributed by atoms with Gasteiger partial charge in [-0.1, -0.05) is 30.3 Å². The first kappa shape index (κ1) is 28.2. The van der Waals surface area contributed by atoms with Crippen LogP contribution >= 0.6 is 0 Å². The van der Waals surface area contributed by atoms with Crippen molar-refractivity contribution in [2.24, 2.45) is 0 Å². The molecule has 1 N–H and O–H groups in total.